The lowest BCUT2D eigenvalue weighted by Gasteiger charge is -2.49. The highest BCUT2D eigenvalue weighted by atomic mass is 35.5. The Balaban J connectivity index is 1.17. The fraction of sp³-hybridized carbons (Fsp3) is 0.452. The number of thiophene rings is 1. The standard InChI is InChI=1S/C42H43ClN4O7S/c1-20-26-17-22(43)11-14-32(26)55-37(20)29-19-33(45(3)44-29)47-39(50)28-18-27-24(12-13-25-34(27)40(51)46(38(25)49)23-9-7-6-8-10-23)35(42(28,2)41(47)52)21-15-30(53-4)36(48)31(16-21)54-5/h11-12,14-17,19,23,25,27-28,34-35,48H,6-10,13,18H2,1-5H3. The first-order valence-electron chi connectivity index (χ1n) is 19.0. The zero-order valence-electron chi connectivity index (χ0n) is 31.4. The van der Waals surface area contributed by atoms with Gasteiger partial charge in [-0.1, -0.05) is 42.5 Å². The van der Waals surface area contributed by atoms with Gasteiger partial charge in [-0.05, 0) is 92.3 Å². The molecule has 2 aliphatic heterocycles. The van der Waals surface area contributed by atoms with Crippen LogP contribution in [0.1, 0.15) is 68.9 Å². The maximum atomic E-state index is 15.2. The number of rotatable bonds is 6. The minimum absolute atomic E-state index is 0.108. The molecule has 13 heteroatoms. The van der Waals surface area contributed by atoms with Crippen molar-refractivity contribution in [1.82, 2.24) is 14.7 Å². The Bertz CT molecular complexity index is 2330. The monoisotopic (exact) mass is 782 g/mol. The van der Waals surface area contributed by atoms with Crippen LogP contribution in [0.2, 0.25) is 5.02 Å². The van der Waals surface area contributed by atoms with E-state index >= 15 is 4.79 Å². The number of likely N-dealkylation sites (tertiary alicyclic amines) is 1. The number of carbonyl (C=O) groups excluding carboxylic acids is 4. The van der Waals surface area contributed by atoms with Gasteiger partial charge in [-0.15, -0.1) is 11.3 Å². The summed E-state index contributed by atoms with van der Waals surface area (Å²) in [6, 6.07) is 10.8. The summed E-state index contributed by atoms with van der Waals surface area (Å²) in [5.41, 5.74) is 1.81. The van der Waals surface area contributed by atoms with Crippen molar-refractivity contribution in [1.29, 1.82) is 0 Å². The molecule has 11 nitrogen and oxygen atoms in total. The molecule has 3 aliphatic carbocycles. The Hall–Kier alpha value is -4.68. The normalized spacial score (nSPS) is 28.1. The largest absolute Gasteiger partial charge is 0.502 e. The smallest absolute Gasteiger partial charge is 0.242 e. The van der Waals surface area contributed by atoms with Gasteiger partial charge in [0.2, 0.25) is 29.4 Å². The molecular formula is C42H43ClN4O7S. The molecule has 2 aromatic heterocycles. The number of methoxy groups -OCH3 is 2. The molecule has 0 bridgehead atoms. The minimum atomic E-state index is -1.30. The topological polar surface area (TPSA) is 131 Å². The van der Waals surface area contributed by atoms with E-state index in [4.69, 9.17) is 26.2 Å². The van der Waals surface area contributed by atoms with Crippen LogP contribution in [-0.2, 0) is 26.2 Å². The number of aromatic nitrogens is 2. The van der Waals surface area contributed by atoms with Gasteiger partial charge in [0, 0.05) is 34.8 Å². The van der Waals surface area contributed by atoms with E-state index in [1.807, 2.05) is 38.1 Å². The summed E-state index contributed by atoms with van der Waals surface area (Å²) in [7, 11) is 4.61. The summed E-state index contributed by atoms with van der Waals surface area (Å²) in [6.45, 7) is 3.85. The highest BCUT2D eigenvalue weighted by molar-refractivity contribution is 7.22. The predicted octanol–water partition coefficient (Wildman–Crippen LogP) is 7.55. The minimum Gasteiger partial charge on any atom is -0.502 e. The molecule has 4 amide bonds. The molecule has 6 atom stereocenters. The number of hydrogen-bond acceptors (Lipinski definition) is 9. The lowest BCUT2D eigenvalue weighted by molar-refractivity contribution is -0.144. The third-order valence-corrected chi connectivity index (χ3v) is 14.8. The van der Waals surface area contributed by atoms with Crippen molar-refractivity contribution in [2.45, 2.75) is 70.8 Å². The fourth-order valence-corrected chi connectivity index (χ4v) is 12.0. The van der Waals surface area contributed by atoms with Crippen molar-refractivity contribution < 1.29 is 33.8 Å². The average Bonchev–Trinajstić information content (AvgIpc) is 3.85. The molecule has 2 saturated heterocycles. The van der Waals surface area contributed by atoms with Gasteiger partial charge in [-0.25, -0.2) is 4.90 Å². The molecule has 1 N–H and O–H groups in total. The van der Waals surface area contributed by atoms with Crippen molar-refractivity contribution in [3.63, 3.8) is 0 Å². The Morgan fingerprint density at radius 3 is 2.35 bits per heavy atom. The molecule has 4 heterocycles. The van der Waals surface area contributed by atoms with E-state index in [1.165, 1.54) is 19.1 Å². The predicted molar refractivity (Wildman–Crippen MR) is 208 cm³/mol. The number of nitrogens with zero attached hydrogens (tertiary/aromatic N) is 4. The van der Waals surface area contributed by atoms with Crippen molar-refractivity contribution in [3.05, 3.63) is 64.2 Å². The van der Waals surface area contributed by atoms with E-state index in [1.54, 1.807) is 46.2 Å². The van der Waals surface area contributed by atoms with Crippen LogP contribution >= 0.6 is 22.9 Å². The highest BCUT2D eigenvalue weighted by Crippen LogP contribution is 2.64. The van der Waals surface area contributed by atoms with Crippen LogP contribution < -0.4 is 14.4 Å². The second-order valence-electron chi connectivity index (χ2n) is 16.0. The van der Waals surface area contributed by atoms with Gasteiger partial charge in [0.15, 0.2) is 11.5 Å². The van der Waals surface area contributed by atoms with Gasteiger partial charge in [0.25, 0.3) is 0 Å². The molecule has 4 aromatic rings. The Labute approximate surface area is 327 Å². The van der Waals surface area contributed by atoms with E-state index < -0.39 is 35.0 Å². The zero-order valence-corrected chi connectivity index (χ0v) is 33.0. The van der Waals surface area contributed by atoms with E-state index in [9.17, 15) is 19.5 Å². The van der Waals surface area contributed by atoms with Gasteiger partial charge < -0.3 is 14.6 Å². The van der Waals surface area contributed by atoms with Crippen LogP contribution in [0.4, 0.5) is 5.82 Å². The highest BCUT2D eigenvalue weighted by Gasteiger charge is 2.68. The molecule has 55 heavy (non-hydrogen) atoms. The third kappa shape index (κ3) is 5.09. The fourth-order valence-electron chi connectivity index (χ4n) is 10.6. The van der Waals surface area contributed by atoms with Crippen LogP contribution in [0.15, 0.2) is 48.0 Å². The molecule has 5 aliphatic rings. The second kappa shape index (κ2) is 12.9. The number of halogens is 1. The number of phenolic OH excluding ortho intramolecular Hbond substituents is 1. The number of benzene rings is 2. The molecule has 0 radical (unpaired) electrons. The number of ether oxygens (including phenoxy) is 2. The van der Waals surface area contributed by atoms with Gasteiger partial charge in [-0.2, -0.15) is 5.10 Å². The molecule has 2 saturated carbocycles. The quantitative estimate of drug-likeness (QED) is 0.157. The summed E-state index contributed by atoms with van der Waals surface area (Å²) < 4.78 is 13.8. The number of aryl methyl sites for hydroxylation is 2. The number of anilines is 1. The summed E-state index contributed by atoms with van der Waals surface area (Å²) in [4.78, 5) is 62.5. The van der Waals surface area contributed by atoms with Gasteiger partial charge in [0.1, 0.15) is 11.5 Å². The maximum absolute atomic E-state index is 15.2. The Morgan fingerprint density at radius 1 is 0.945 bits per heavy atom. The number of hydrogen-bond donors (Lipinski definition) is 1. The van der Waals surface area contributed by atoms with Gasteiger partial charge in [-0.3, -0.25) is 28.8 Å². The maximum Gasteiger partial charge on any atom is 0.242 e. The van der Waals surface area contributed by atoms with Gasteiger partial charge in [0.05, 0.1) is 42.3 Å². The summed E-state index contributed by atoms with van der Waals surface area (Å²) in [5.74, 6) is -3.67. The number of amides is 4. The summed E-state index contributed by atoms with van der Waals surface area (Å²) in [6.07, 6.45) is 7.32. The molecule has 2 aromatic carbocycles. The zero-order chi connectivity index (χ0) is 38.7. The first-order chi connectivity index (χ1) is 26.4. The number of fused-ring (bicyclic) bond motifs is 5. The number of imide groups is 2. The first-order valence-corrected chi connectivity index (χ1v) is 20.2. The molecule has 4 fully saturated rings. The van der Waals surface area contributed by atoms with Crippen molar-refractivity contribution in [2.24, 2.45) is 36.1 Å². The summed E-state index contributed by atoms with van der Waals surface area (Å²) in [5, 5.41) is 17.4. The van der Waals surface area contributed by atoms with E-state index in [0.717, 1.165) is 58.2 Å². The molecule has 286 valence electrons. The van der Waals surface area contributed by atoms with Crippen LogP contribution in [0.3, 0.4) is 0 Å². The number of allylic oxidation sites excluding steroid dienone is 2. The molecule has 9 rings (SSSR count). The molecular weight excluding hydrogens is 740 g/mol. The van der Waals surface area contributed by atoms with Crippen molar-refractivity contribution >= 4 is 62.5 Å². The molecule has 6 unspecified atom stereocenters. The first kappa shape index (κ1) is 36.0. The van der Waals surface area contributed by atoms with Crippen LogP contribution in [0.25, 0.3) is 20.7 Å². The number of carbonyl (C=O) groups is 4. The number of phenols is 1. The Kier molecular flexibility index (Phi) is 8.47. The SMILES string of the molecule is COc1cc(C2C3=CCC4C(=O)N(C5CCCCC5)C(=O)C4C3CC3C(=O)N(c4cc(-c5sc6ccc(Cl)cc6c5C)nn4C)C(=O)C32C)cc(OC)c1O. The van der Waals surface area contributed by atoms with Crippen LogP contribution in [-0.4, -0.2) is 63.7 Å². The van der Waals surface area contributed by atoms with E-state index in [0.29, 0.717) is 28.5 Å². The Morgan fingerprint density at radius 2 is 1.65 bits per heavy atom. The van der Waals surface area contributed by atoms with E-state index in [2.05, 4.69) is 0 Å². The van der Waals surface area contributed by atoms with Crippen molar-refractivity contribution in [2.75, 3.05) is 19.1 Å². The third-order valence-electron chi connectivity index (χ3n) is 13.3. The summed E-state index contributed by atoms with van der Waals surface area (Å²) >= 11 is 7.90. The van der Waals surface area contributed by atoms with E-state index in [-0.39, 0.29) is 53.3 Å². The molecule has 0 spiro atoms. The lowest BCUT2D eigenvalue weighted by Crippen LogP contribution is -2.49. The van der Waals surface area contributed by atoms with Crippen LogP contribution in [0, 0.1) is 36.0 Å². The van der Waals surface area contributed by atoms with Crippen LogP contribution in [0.5, 0.6) is 17.2 Å². The van der Waals surface area contributed by atoms with Crippen molar-refractivity contribution in [3.8, 4) is 27.8 Å². The second-order valence-corrected chi connectivity index (χ2v) is 17.5. The van der Waals surface area contributed by atoms with Gasteiger partial charge >= 0.3 is 0 Å². The lowest BCUT2D eigenvalue weighted by atomic mass is 9.51. The average molecular weight is 783 g/mol. The number of aromatic hydroxyl groups is 1.